The molecule has 0 saturated heterocycles. The van der Waals surface area contributed by atoms with E-state index >= 15 is 0 Å². The fourth-order valence-corrected chi connectivity index (χ4v) is 2.06. The van der Waals surface area contributed by atoms with Gasteiger partial charge in [-0.2, -0.15) is 0 Å². The third-order valence-corrected chi connectivity index (χ3v) is 3.33. The summed E-state index contributed by atoms with van der Waals surface area (Å²) in [6.45, 7) is 0.501. The van der Waals surface area contributed by atoms with Gasteiger partial charge >= 0.3 is 11.9 Å². The average molecular weight is 329 g/mol. The fraction of sp³-hybridized carbons (Fsp3) is 0.263. The largest absolute Gasteiger partial charge is 0.481 e. The van der Waals surface area contributed by atoms with Crippen LogP contribution in [0.5, 0.6) is 0 Å². The Kier molecular flexibility index (Phi) is 8.86. The molecule has 0 amide bonds. The van der Waals surface area contributed by atoms with E-state index in [4.69, 9.17) is 15.9 Å². The highest BCUT2D eigenvalue weighted by molar-refractivity contribution is 5.67. The minimum atomic E-state index is -0.766. The lowest BCUT2D eigenvalue weighted by atomic mass is 10.1. The van der Waals surface area contributed by atoms with Crippen molar-refractivity contribution in [1.29, 1.82) is 0 Å². The molecule has 2 aromatic carbocycles. The Balaban J connectivity index is 0.000000243. The molecule has 0 heterocycles. The van der Waals surface area contributed by atoms with E-state index in [2.05, 4.69) is 0 Å². The number of hydrogen-bond acceptors (Lipinski definition) is 3. The first-order chi connectivity index (χ1) is 11.5. The van der Waals surface area contributed by atoms with Gasteiger partial charge in [0.05, 0.1) is 0 Å². The molecule has 0 aromatic heterocycles. The van der Waals surface area contributed by atoms with Gasteiger partial charge in [0.25, 0.3) is 0 Å². The van der Waals surface area contributed by atoms with Crippen molar-refractivity contribution in [3.63, 3.8) is 0 Å². The Bertz CT molecular complexity index is 641. The monoisotopic (exact) mass is 329 g/mol. The summed E-state index contributed by atoms with van der Waals surface area (Å²) < 4.78 is 0. The lowest BCUT2D eigenvalue weighted by molar-refractivity contribution is -0.138. The van der Waals surface area contributed by atoms with Crippen LogP contribution in [0.4, 0.5) is 0 Å². The SMILES string of the molecule is NCc1cccc(CCC(=O)O)c1.O=C(O)CCc1ccccc1. The smallest absolute Gasteiger partial charge is 0.303 e. The van der Waals surface area contributed by atoms with Gasteiger partial charge in [-0.1, -0.05) is 54.6 Å². The van der Waals surface area contributed by atoms with Gasteiger partial charge in [0.15, 0.2) is 0 Å². The minimum Gasteiger partial charge on any atom is -0.481 e. The number of carbonyl (C=O) groups is 2. The van der Waals surface area contributed by atoms with Gasteiger partial charge in [-0.3, -0.25) is 9.59 Å². The van der Waals surface area contributed by atoms with Gasteiger partial charge in [-0.25, -0.2) is 0 Å². The van der Waals surface area contributed by atoms with Crippen molar-refractivity contribution < 1.29 is 19.8 Å². The molecule has 0 spiro atoms. The maximum atomic E-state index is 10.3. The molecular weight excluding hydrogens is 306 g/mol. The van der Waals surface area contributed by atoms with E-state index in [1.807, 2.05) is 54.6 Å². The van der Waals surface area contributed by atoms with Crippen molar-refractivity contribution in [3.05, 3.63) is 71.3 Å². The highest BCUT2D eigenvalue weighted by atomic mass is 16.4. The van der Waals surface area contributed by atoms with Crippen LogP contribution in [-0.4, -0.2) is 22.2 Å². The Labute approximate surface area is 141 Å². The van der Waals surface area contributed by atoms with Crippen molar-refractivity contribution in [3.8, 4) is 0 Å². The summed E-state index contributed by atoms with van der Waals surface area (Å²) in [5.74, 6) is -1.51. The number of hydrogen-bond donors (Lipinski definition) is 3. The second kappa shape index (κ2) is 11.0. The summed E-state index contributed by atoms with van der Waals surface area (Å²) in [6.07, 6.45) is 1.58. The topological polar surface area (TPSA) is 101 Å². The molecule has 0 bridgehead atoms. The second-order valence-corrected chi connectivity index (χ2v) is 5.30. The van der Waals surface area contributed by atoms with E-state index in [0.29, 0.717) is 19.4 Å². The van der Waals surface area contributed by atoms with Crippen LogP contribution < -0.4 is 5.73 Å². The Morgan fingerprint density at radius 3 is 1.79 bits per heavy atom. The lowest BCUT2D eigenvalue weighted by Crippen LogP contribution is -2.00. The molecule has 2 aromatic rings. The Morgan fingerprint density at radius 2 is 1.25 bits per heavy atom. The van der Waals surface area contributed by atoms with E-state index < -0.39 is 11.9 Å². The first-order valence-corrected chi connectivity index (χ1v) is 7.76. The molecule has 0 radical (unpaired) electrons. The van der Waals surface area contributed by atoms with Gasteiger partial charge in [-0.15, -0.1) is 0 Å². The van der Waals surface area contributed by atoms with Crippen molar-refractivity contribution in [2.24, 2.45) is 5.73 Å². The molecule has 0 saturated carbocycles. The zero-order valence-electron chi connectivity index (χ0n) is 13.5. The lowest BCUT2D eigenvalue weighted by Gasteiger charge is -2.01. The van der Waals surface area contributed by atoms with Gasteiger partial charge < -0.3 is 15.9 Å². The summed E-state index contributed by atoms with van der Waals surface area (Å²) in [4.78, 5) is 20.5. The van der Waals surface area contributed by atoms with E-state index in [1.54, 1.807) is 0 Å². The molecule has 2 rings (SSSR count). The van der Waals surface area contributed by atoms with E-state index in [-0.39, 0.29) is 12.8 Å². The number of carboxylic acid groups (broad SMARTS) is 2. The van der Waals surface area contributed by atoms with Gasteiger partial charge in [-0.05, 0) is 29.5 Å². The van der Waals surface area contributed by atoms with Crippen LogP contribution in [0.15, 0.2) is 54.6 Å². The molecule has 128 valence electrons. The predicted molar refractivity (Wildman–Crippen MR) is 92.7 cm³/mol. The predicted octanol–water partition coefficient (Wildman–Crippen LogP) is 2.87. The summed E-state index contributed by atoms with van der Waals surface area (Å²) >= 11 is 0. The summed E-state index contributed by atoms with van der Waals surface area (Å²) in [7, 11) is 0. The summed E-state index contributed by atoms with van der Waals surface area (Å²) in [5.41, 5.74) is 8.61. The first-order valence-electron chi connectivity index (χ1n) is 7.76. The molecule has 0 aliphatic carbocycles. The maximum absolute atomic E-state index is 10.3. The molecule has 5 nitrogen and oxygen atoms in total. The van der Waals surface area contributed by atoms with E-state index in [0.717, 1.165) is 16.7 Å². The van der Waals surface area contributed by atoms with Gasteiger partial charge in [0.2, 0.25) is 0 Å². The number of carboxylic acids is 2. The van der Waals surface area contributed by atoms with Crippen molar-refractivity contribution in [2.75, 3.05) is 0 Å². The van der Waals surface area contributed by atoms with Crippen LogP contribution in [0.1, 0.15) is 29.5 Å². The van der Waals surface area contributed by atoms with Crippen molar-refractivity contribution in [2.45, 2.75) is 32.2 Å². The third kappa shape index (κ3) is 8.70. The van der Waals surface area contributed by atoms with Crippen LogP contribution in [0.25, 0.3) is 0 Å². The second-order valence-electron chi connectivity index (χ2n) is 5.30. The van der Waals surface area contributed by atoms with Crippen molar-refractivity contribution in [1.82, 2.24) is 0 Å². The van der Waals surface area contributed by atoms with Crippen LogP contribution in [0.2, 0.25) is 0 Å². The average Bonchev–Trinajstić information content (AvgIpc) is 2.60. The van der Waals surface area contributed by atoms with E-state index in [9.17, 15) is 9.59 Å². The standard InChI is InChI=1S/C10H13NO2.C9H10O2/c11-7-9-3-1-2-8(6-9)4-5-10(12)13;10-9(11)7-6-8-4-2-1-3-5-8/h1-3,6H,4-5,7,11H2,(H,12,13);1-5H,6-7H2,(H,10,11). The van der Waals surface area contributed by atoms with Crippen LogP contribution in [0.3, 0.4) is 0 Å². The maximum Gasteiger partial charge on any atom is 0.303 e. The Morgan fingerprint density at radius 1 is 0.750 bits per heavy atom. The molecule has 0 unspecified atom stereocenters. The number of rotatable bonds is 7. The number of aryl methyl sites for hydroxylation is 2. The number of benzene rings is 2. The van der Waals surface area contributed by atoms with Gasteiger partial charge in [0.1, 0.15) is 0 Å². The normalized spacial score (nSPS) is 9.71. The zero-order valence-corrected chi connectivity index (χ0v) is 13.5. The van der Waals surface area contributed by atoms with E-state index in [1.165, 1.54) is 0 Å². The molecule has 0 aliphatic heterocycles. The summed E-state index contributed by atoms with van der Waals surface area (Å²) in [6, 6.07) is 17.3. The molecular formula is C19H23NO4. The highest BCUT2D eigenvalue weighted by Gasteiger charge is 1.99. The van der Waals surface area contributed by atoms with Crippen molar-refractivity contribution >= 4 is 11.9 Å². The van der Waals surface area contributed by atoms with Crippen LogP contribution in [-0.2, 0) is 29.0 Å². The quantitative estimate of drug-likeness (QED) is 0.725. The number of aliphatic carboxylic acids is 2. The molecule has 0 fully saturated rings. The van der Waals surface area contributed by atoms with Crippen LogP contribution >= 0.6 is 0 Å². The highest BCUT2D eigenvalue weighted by Crippen LogP contribution is 2.06. The van der Waals surface area contributed by atoms with Gasteiger partial charge in [0, 0.05) is 19.4 Å². The fourth-order valence-electron chi connectivity index (χ4n) is 2.06. The Hall–Kier alpha value is -2.66. The summed E-state index contributed by atoms with van der Waals surface area (Å²) in [5, 5.41) is 16.9. The molecule has 24 heavy (non-hydrogen) atoms. The number of nitrogens with two attached hydrogens (primary N) is 1. The molecule has 0 atom stereocenters. The third-order valence-electron chi connectivity index (χ3n) is 3.33. The molecule has 5 heteroatoms. The van der Waals surface area contributed by atoms with Crippen LogP contribution in [0, 0.1) is 0 Å². The zero-order chi connectivity index (χ0) is 17.8. The molecule has 0 aliphatic rings. The molecule has 4 N–H and O–H groups in total. The minimum absolute atomic E-state index is 0.175. The first kappa shape index (κ1) is 19.4.